The number of anilines is 1. The Balaban J connectivity index is 1.32. The molecule has 5 heteroatoms. The number of nitrogens with zero attached hydrogens (tertiary/aromatic N) is 2. The number of rotatable bonds is 10. The lowest BCUT2D eigenvalue weighted by Gasteiger charge is -2.30. The highest BCUT2D eigenvalue weighted by Crippen LogP contribution is 2.42. The highest BCUT2D eigenvalue weighted by Gasteiger charge is 2.28. The van der Waals surface area contributed by atoms with Gasteiger partial charge < -0.3 is 19.1 Å². The summed E-state index contributed by atoms with van der Waals surface area (Å²) >= 11 is 0. The first-order valence-electron chi connectivity index (χ1n) is 14.4. The third-order valence-electron chi connectivity index (χ3n) is 8.50. The number of aryl methyl sites for hydroxylation is 1. The minimum atomic E-state index is 0.485. The Morgan fingerprint density at radius 1 is 0.769 bits per heavy atom. The molecule has 5 rings (SSSR count). The van der Waals surface area contributed by atoms with Crippen molar-refractivity contribution in [3.05, 3.63) is 82.4 Å². The normalized spacial score (nSPS) is 16.5. The SMILES string of the molecule is COc1ccc2c(c1)CCC(c1ccc(OC)cc1N1Cc3ccc(OCCN(C(C)C)C(C)C)cc3C1)C2. The van der Waals surface area contributed by atoms with Crippen LogP contribution in [0.4, 0.5) is 5.69 Å². The molecule has 0 saturated heterocycles. The first-order chi connectivity index (χ1) is 18.9. The van der Waals surface area contributed by atoms with Crippen molar-refractivity contribution in [3.8, 4) is 17.2 Å². The number of methoxy groups -OCH3 is 2. The van der Waals surface area contributed by atoms with E-state index in [4.69, 9.17) is 14.2 Å². The number of fused-ring (bicyclic) bond motifs is 2. The second-order valence-corrected chi connectivity index (χ2v) is 11.6. The number of hydrogen-bond donors (Lipinski definition) is 0. The van der Waals surface area contributed by atoms with Crippen LogP contribution in [0.2, 0.25) is 0 Å². The van der Waals surface area contributed by atoms with Crippen molar-refractivity contribution in [1.29, 1.82) is 0 Å². The van der Waals surface area contributed by atoms with Crippen molar-refractivity contribution >= 4 is 5.69 Å². The topological polar surface area (TPSA) is 34.2 Å². The summed E-state index contributed by atoms with van der Waals surface area (Å²) in [5, 5.41) is 0. The maximum Gasteiger partial charge on any atom is 0.120 e. The Kier molecular flexibility index (Phi) is 8.37. The summed E-state index contributed by atoms with van der Waals surface area (Å²) in [4.78, 5) is 4.98. The summed E-state index contributed by atoms with van der Waals surface area (Å²) in [6.45, 7) is 12.4. The van der Waals surface area contributed by atoms with Gasteiger partial charge in [0.25, 0.3) is 0 Å². The minimum Gasteiger partial charge on any atom is -0.497 e. The molecule has 1 unspecified atom stereocenters. The molecule has 1 heterocycles. The molecule has 1 aliphatic carbocycles. The lowest BCUT2D eigenvalue weighted by Crippen LogP contribution is -2.39. The molecule has 39 heavy (non-hydrogen) atoms. The van der Waals surface area contributed by atoms with Crippen molar-refractivity contribution in [3.63, 3.8) is 0 Å². The minimum absolute atomic E-state index is 0.485. The van der Waals surface area contributed by atoms with Crippen molar-refractivity contribution in [1.82, 2.24) is 4.90 Å². The van der Waals surface area contributed by atoms with Gasteiger partial charge in [-0.15, -0.1) is 0 Å². The van der Waals surface area contributed by atoms with Crippen LogP contribution in [0.25, 0.3) is 0 Å². The van der Waals surface area contributed by atoms with Gasteiger partial charge >= 0.3 is 0 Å². The predicted molar refractivity (Wildman–Crippen MR) is 160 cm³/mol. The smallest absolute Gasteiger partial charge is 0.120 e. The zero-order valence-electron chi connectivity index (χ0n) is 24.5. The third kappa shape index (κ3) is 6.04. The van der Waals surface area contributed by atoms with Gasteiger partial charge in [-0.05, 0) is 111 Å². The van der Waals surface area contributed by atoms with E-state index in [9.17, 15) is 0 Å². The van der Waals surface area contributed by atoms with E-state index in [1.54, 1.807) is 14.2 Å². The predicted octanol–water partition coefficient (Wildman–Crippen LogP) is 6.99. The van der Waals surface area contributed by atoms with Crippen molar-refractivity contribution < 1.29 is 14.2 Å². The Morgan fingerprint density at radius 3 is 2.15 bits per heavy atom. The van der Waals surface area contributed by atoms with E-state index in [1.807, 2.05) is 0 Å². The molecule has 2 aliphatic rings. The Bertz CT molecular complexity index is 1280. The van der Waals surface area contributed by atoms with Crippen molar-refractivity contribution in [2.75, 3.05) is 32.3 Å². The maximum absolute atomic E-state index is 6.22. The zero-order chi connectivity index (χ0) is 27.5. The van der Waals surface area contributed by atoms with Gasteiger partial charge in [-0.2, -0.15) is 0 Å². The molecule has 1 aliphatic heterocycles. The highest BCUT2D eigenvalue weighted by atomic mass is 16.5. The van der Waals surface area contributed by atoms with E-state index in [1.165, 1.54) is 33.5 Å². The van der Waals surface area contributed by atoms with Gasteiger partial charge in [0, 0.05) is 43.5 Å². The Morgan fingerprint density at radius 2 is 1.41 bits per heavy atom. The van der Waals surface area contributed by atoms with Crippen molar-refractivity contribution in [2.24, 2.45) is 0 Å². The van der Waals surface area contributed by atoms with Gasteiger partial charge in [-0.3, -0.25) is 4.90 Å². The first-order valence-corrected chi connectivity index (χ1v) is 14.4. The van der Waals surface area contributed by atoms with Crippen LogP contribution in [0, 0.1) is 0 Å². The van der Waals surface area contributed by atoms with E-state index in [-0.39, 0.29) is 0 Å². The molecule has 5 nitrogen and oxygen atoms in total. The van der Waals surface area contributed by atoms with E-state index in [2.05, 4.69) is 92.1 Å². The van der Waals surface area contributed by atoms with Crippen LogP contribution in [0.1, 0.15) is 67.9 Å². The molecule has 0 bridgehead atoms. The van der Waals surface area contributed by atoms with Gasteiger partial charge in [-0.25, -0.2) is 0 Å². The first kappa shape index (κ1) is 27.4. The molecule has 1 atom stereocenters. The van der Waals surface area contributed by atoms with Gasteiger partial charge in [0.2, 0.25) is 0 Å². The zero-order valence-corrected chi connectivity index (χ0v) is 24.5. The van der Waals surface area contributed by atoms with Crippen LogP contribution >= 0.6 is 0 Å². The molecular formula is C34H44N2O3. The van der Waals surface area contributed by atoms with E-state index < -0.39 is 0 Å². The Hall–Kier alpha value is -3.18. The lowest BCUT2D eigenvalue weighted by atomic mass is 9.79. The van der Waals surface area contributed by atoms with Crippen LogP contribution < -0.4 is 19.1 Å². The van der Waals surface area contributed by atoms with E-state index >= 15 is 0 Å². The molecule has 0 N–H and O–H groups in total. The molecule has 3 aromatic rings. The molecular weight excluding hydrogens is 484 g/mol. The molecule has 0 radical (unpaired) electrons. The van der Waals surface area contributed by atoms with Gasteiger partial charge in [-0.1, -0.05) is 18.2 Å². The molecule has 0 spiro atoms. The molecule has 0 saturated carbocycles. The monoisotopic (exact) mass is 528 g/mol. The van der Waals surface area contributed by atoms with Crippen LogP contribution in [0.5, 0.6) is 17.2 Å². The standard InChI is InChI=1S/C34H44N2O3/c1-23(2)36(24(3)4)15-16-39-32-12-10-28-21-35(22-29(28)19-32)34-20-31(38-6)13-14-33(34)27-8-7-26-18-30(37-5)11-9-25(26)17-27/h9-14,18-20,23-24,27H,7-8,15-17,21-22H2,1-6H3. The van der Waals surface area contributed by atoms with Crippen LogP contribution in [0.3, 0.4) is 0 Å². The third-order valence-corrected chi connectivity index (χ3v) is 8.50. The summed E-state index contributed by atoms with van der Waals surface area (Å²) in [7, 11) is 3.50. The fourth-order valence-corrected chi connectivity index (χ4v) is 6.41. The summed E-state index contributed by atoms with van der Waals surface area (Å²) in [6, 6.07) is 20.8. The number of benzene rings is 3. The van der Waals surface area contributed by atoms with Crippen LogP contribution in [0.15, 0.2) is 54.6 Å². The number of ether oxygens (including phenoxy) is 3. The van der Waals surface area contributed by atoms with Crippen molar-refractivity contribution in [2.45, 2.75) is 78.0 Å². The average Bonchev–Trinajstić information content (AvgIpc) is 3.37. The van der Waals surface area contributed by atoms with Gasteiger partial charge in [0.15, 0.2) is 0 Å². The largest absolute Gasteiger partial charge is 0.497 e. The maximum atomic E-state index is 6.22. The molecule has 3 aromatic carbocycles. The number of hydrogen-bond acceptors (Lipinski definition) is 5. The summed E-state index contributed by atoms with van der Waals surface area (Å²) < 4.78 is 17.3. The van der Waals surface area contributed by atoms with E-state index in [0.29, 0.717) is 24.6 Å². The average molecular weight is 529 g/mol. The fraction of sp³-hybridized carbons (Fsp3) is 0.471. The second-order valence-electron chi connectivity index (χ2n) is 11.6. The summed E-state index contributed by atoms with van der Waals surface area (Å²) in [5.41, 5.74) is 8.30. The lowest BCUT2D eigenvalue weighted by molar-refractivity contribution is 0.142. The van der Waals surface area contributed by atoms with Gasteiger partial charge in [0.1, 0.15) is 23.9 Å². The Labute approximate surface area is 234 Å². The fourth-order valence-electron chi connectivity index (χ4n) is 6.41. The summed E-state index contributed by atoms with van der Waals surface area (Å²) in [5.74, 6) is 3.31. The molecule has 0 aromatic heterocycles. The highest BCUT2D eigenvalue weighted by molar-refractivity contribution is 5.62. The molecule has 0 amide bonds. The molecule has 0 fully saturated rings. The molecule has 208 valence electrons. The van der Waals surface area contributed by atoms with Crippen LogP contribution in [-0.4, -0.2) is 44.4 Å². The second kappa shape index (κ2) is 11.9. The summed E-state index contributed by atoms with van der Waals surface area (Å²) in [6.07, 6.45) is 3.28. The van der Waals surface area contributed by atoms with Crippen LogP contribution in [-0.2, 0) is 25.9 Å². The van der Waals surface area contributed by atoms with E-state index in [0.717, 1.165) is 56.1 Å². The quantitative estimate of drug-likeness (QED) is 0.283. The van der Waals surface area contributed by atoms with Gasteiger partial charge in [0.05, 0.1) is 14.2 Å².